The summed E-state index contributed by atoms with van der Waals surface area (Å²) in [6.07, 6.45) is 0.273. The average molecular weight is 328 g/mol. The summed E-state index contributed by atoms with van der Waals surface area (Å²) in [5.74, 6) is -1.96. The summed E-state index contributed by atoms with van der Waals surface area (Å²) in [6.45, 7) is 4.00. The Morgan fingerprint density at radius 1 is 1.13 bits per heavy atom. The minimum Gasteiger partial charge on any atom is -0.296 e. The highest BCUT2D eigenvalue weighted by Crippen LogP contribution is 2.29. The molecule has 2 aliphatic rings. The van der Waals surface area contributed by atoms with Crippen molar-refractivity contribution in [2.45, 2.75) is 37.5 Å². The largest absolute Gasteiger partial charge is 0.296 e. The highest BCUT2D eigenvalue weighted by atomic mass is 27.0. The van der Waals surface area contributed by atoms with Gasteiger partial charge in [-0.2, -0.15) is 0 Å². The Bertz CT molecular complexity index is 688. The molecule has 1 atom stereocenters. The molecule has 1 N–H and O–H groups in total. The van der Waals surface area contributed by atoms with Crippen LogP contribution in [0.3, 0.4) is 0 Å². The van der Waals surface area contributed by atoms with Crippen LogP contribution in [0.5, 0.6) is 0 Å². The summed E-state index contributed by atoms with van der Waals surface area (Å²) in [5, 5.41) is 2.19. The SMILES string of the molecule is CC.O=C1CC[C@@]([Al])(N2C(=O)Cc3ccccc3C2=O)C(=O)N1. The van der Waals surface area contributed by atoms with Crippen LogP contribution in [0.2, 0.25) is 0 Å². The third-order valence-electron chi connectivity index (χ3n) is 3.82. The number of nitrogens with one attached hydrogen (secondary N) is 1. The van der Waals surface area contributed by atoms with Crippen molar-refractivity contribution in [1.29, 1.82) is 0 Å². The van der Waals surface area contributed by atoms with Gasteiger partial charge in [-0.25, -0.2) is 0 Å². The van der Waals surface area contributed by atoms with E-state index in [1.54, 1.807) is 24.3 Å². The van der Waals surface area contributed by atoms with E-state index in [0.717, 1.165) is 4.90 Å². The maximum atomic E-state index is 12.6. The van der Waals surface area contributed by atoms with Crippen LogP contribution in [0.4, 0.5) is 0 Å². The first kappa shape index (κ1) is 17.4. The van der Waals surface area contributed by atoms with E-state index in [2.05, 4.69) is 21.6 Å². The van der Waals surface area contributed by atoms with Crippen molar-refractivity contribution < 1.29 is 19.2 Å². The highest BCUT2D eigenvalue weighted by molar-refractivity contribution is 6.34. The number of benzene rings is 1. The molecule has 4 amide bonds. The van der Waals surface area contributed by atoms with Crippen molar-refractivity contribution in [3.63, 3.8) is 0 Å². The highest BCUT2D eigenvalue weighted by Gasteiger charge is 2.48. The zero-order valence-electron chi connectivity index (χ0n) is 13.1. The van der Waals surface area contributed by atoms with Crippen molar-refractivity contribution >= 4 is 39.9 Å². The van der Waals surface area contributed by atoms with E-state index in [-0.39, 0.29) is 19.3 Å². The molecule has 118 valence electrons. The number of carbonyl (C=O) groups excluding carboxylic acids is 4. The first-order valence-corrected chi connectivity index (χ1v) is 8.09. The first-order valence-electron chi connectivity index (χ1n) is 7.52. The Kier molecular flexibility index (Phi) is 5.03. The second kappa shape index (κ2) is 6.65. The van der Waals surface area contributed by atoms with Crippen LogP contribution in [0.25, 0.3) is 0 Å². The Hall–Kier alpha value is -1.97. The summed E-state index contributed by atoms with van der Waals surface area (Å²) in [6, 6.07) is 6.83. The van der Waals surface area contributed by atoms with Gasteiger partial charge in [-0.3, -0.25) is 29.4 Å². The number of nitrogens with zero attached hydrogens (tertiary/aromatic N) is 1. The van der Waals surface area contributed by atoms with Crippen LogP contribution in [0, 0.1) is 0 Å². The molecule has 0 spiro atoms. The lowest BCUT2D eigenvalue weighted by atomic mass is 9.94. The van der Waals surface area contributed by atoms with Crippen molar-refractivity contribution in [2.24, 2.45) is 0 Å². The molecule has 1 aromatic rings. The van der Waals surface area contributed by atoms with Crippen LogP contribution in [-0.2, 0) is 20.8 Å². The summed E-state index contributed by atoms with van der Waals surface area (Å²) in [4.78, 5) is 49.3. The molecular weight excluding hydrogens is 311 g/mol. The molecule has 0 bridgehead atoms. The molecule has 23 heavy (non-hydrogen) atoms. The average Bonchev–Trinajstić information content (AvgIpc) is 2.53. The van der Waals surface area contributed by atoms with E-state index in [9.17, 15) is 19.2 Å². The van der Waals surface area contributed by atoms with Gasteiger partial charge in [-0.1, -0.05) is 32.0 Å². The fourth-order valence-corrected chi connectivity index (χ4v) is 3.17. The second-order valence-electron chi connectivity index (χ2n) is 5.17. The lowest BCUT2D eigenvalue weighted by Gasteiger charge is -2.44. The summed E-state index contributed by atoms with van der Waals surface area (Å²) < 4.78 is -1.39. The van der Waals surface area contributed by atoms with Gasteiger partial charge in [-0.15, -0.1) is 0 Å². The number of hydrogen-bond donors (Lipinski definition) is 1. The number of carbonyl (C=O) groups is 4. The number of hydrogen-bond acceptors (Lipinski definition) is 4. The summed E-state index contributed by atoms with van der Waals surface area (Å²) in [5.41, 5.74) is 1.08. The Morgan fingerprint density at radius 2 is 1.78 bits per heavy atom. The van der Waals surface area contributed by atoms with Crippen molar-refractivity contribution in [2.75, 3.05) is 0 Å². The smallest absolute Gasteiger partial charge is 0.260 e. The molecule has 0 aliphatic carbocycles. The second-order valence-corrected chi connectivity index (χ2v) is 6.12. The zero-order valence-corrected chi connectivity index (χ0v) is 14.2. The molecule has 0 unspecified atom stereocenters. The monoisotopic (exact) mass is 328 g/mol. The lowest BCUT2D eigenvalue weighted by molar-refractivity contribution is -0.145. The van der Waals surface area contributed by atoms with E-state index in [0.29, 0.717) is 11.1 Å². The topological polar surface area (TPSA) is 83.6 Å². The van der Waals surface area contributed by atoms with Crippen molar-refractivity contribution in [1.82, 2.24) is 10.2 Å². The predicted octanol–water partition coefficient (Wildman–Crippen LogP) is 0.539. The molecule has 6 nitrogen and oxygen atoms in total. The van der Waals surface area contributed by atoms with Crippen LogP contribution in [0.15, 0.2) is 24.3 Å². The van der Waals surface area contributed by atoms with E-state index in [1.165, 1.54) is 0 Å². The van der Waals surface area contributed by atoms with Crippen molar-refractivity contribution in [3.8, 4) is 0 Å². The number of rotatable bonds is 1. The maximum absolute atomic E-state index is 12.6. The molecule has 1 aromatic carbocycles. The van der Waals surface area contributed by atoms with Gasteiger partial charge >= 0.3 is 0 Å². The van der Waals surface area contributed by atoms with E-state index in [1.807, 2.05) is 13.8 Å². The normalized spacial score (nSPS) is 23.7. The zero-order chi connectivity index (χ0) is 17.2. The minimum absolute atomic E-state index is 0.0687. The summed E-state index contributed by atoms with van der Waals surface area (Å²) in [7, 11) is 0. The predicted molar refractivity (Wildman–Crippen MR) is 83.5 cm³/mol. The Labute approximate surface area is 142 Å². The molecule has 7 heteroatoms. The van der Waals surface area contributed by atoms with Gasteiger partial charge in [0.2, 0.25) is 17.7 Å². The number of fused-ring (bicyclic) bond motifs is 1. The fourth-order valence-electron chi connectivity index (χ4n) is 2.69. The van der Waals surface area contributed by atoms with Gasteiger partial charge in [0.05, 0.1) is 10.8 Å². The molecule has 2 radical (unpaired) electrons. The molecule has 2 aliphatic heterocycles. The Morgan fingerprint density at radius 3 is 2.43 bits per heavy atom. The van der Waals surface area contributed by atoms with Crippen molar-refractivity contribution in [3.05, 3.63) is 35.4 Å². The van der Waals surface area contributed by atoms with Crippen LogP contribution >= 0.6 is 0 Å². The van der Waals surface area contributed by atoms with Crippen LogP contribution < -0.4 is 5.32 Å². The van der Waals surface area contributed by atoms with Crippen LogP contribution in [0.1, 0.15) is 42.6 Å². The lowest BCUT2D eigenvalue weighted by Crippen LogP contribution is -2.67. The molecule has 1 saturated heterocycles. The number of imide groups is 2. The maximum Gasteiger partial charge on any atom is 0.260 e. The van der Waals surface area contributed by atoms with E-state index < -0.39 is 28.0 Å². The van der Waals surface area contributed by atoms with Gasteiger partial charge in [-0.05, 0) is 18.1 Å². The molecule has 3 rings (SSSR count). The van der Waals surface area contributed by atoms with Gasteiger partial charge in [0.1, 0.15) is 0 Å². The number of piperidine rings is 1. The number of amides is 4. The van der Waals surface area contributed by atoms with Gasteiger partial charge < -0.3 is 0 Å². The Balaban J connectivity index is 0.000000924. The van der Waals surface area contributed by atoms with Gasteiger partial charge in [0, 0.05) is 12.0 Å². The molecule has 2 heterocycles. The molecular formula is C16H17AlN2O4. The molecule has 1 fully saturated rings. The van der Waals surface area contributed by atoms with E-state index in [4.69, 9.17) is 0 Å². The first-order chi connectivity index (χ1) is 10.9. The van der Waals surface area contributed by atoms with Gasteiger partial charge in [0.25, 0.3) is 5.91 Å². The summed E-state index contributed by atoms with van der Waals surface area (Å²) >= 11 is 2.27. The van der Waals surface area contributed by atoms with E-state index >= 15 is 0 Å². The standard InChI is InChI=1S/C14H11N2O4.C2H6.Al/c17-11-6-5-10(13(19)15-11)16-12(18)7-8-3-1-2-4-9(8)14(16)20;1-2;/h1-4H,5-7H2,(H,15,17,19);1-2H3;. The fraction of sp³-hybridized carbons (Fsp3) is 0.375. The van der Waals surface area contributed by atoms with Crippen LogP contribution in [-0.4, -0.2) is 49.2 Å². The molecule has 0 saturated carbocycles. The third-order valence-corrected chi connectivity index (χ3v) is 4.63. The minimum atomic E-state index is -1.39. The van der Waals surface area contributed by atoms with Gasteiger partial charge in [0.15, 0.2) is 16.3 Å². The third kappa shape index (κ3) is 2.94. The molecule has 0 aromatic heterocycles. The quantitative estimate of drug-likeness (QED) is 0.602.